The van der Waals surface area contributed by atoms with Crippen molar-refractivity contribution in [3.8, 4) is 0 Å². The molecule has 3 unspecified atom stereocenters. The summed E-state index contributed by atoms with van der Waals surface area (Å²) in [4.78, 5) is 25.3. The number of benzene rings is 2. The summed E-state index contributed by atoms with van der Waals surface area (Å²) in [5.41, 5.74) is 7.18. The number of nitro benzene ring substituents is 1. The van der Waals surface area contributed by atoms with Crippen molar-refractivity contribution in [2.24, 2.45) is 11.8 Å². The number of nitrogens with zero attached hydrogens (tertiary/aromatic N) is 2. The van der Waals surface area contributed by atoms with Gasteiger partial charge in [-0.2, -0.15) is 0 Å². The fourth-order valence-corrected chi connectivity index (χ4v) is 4.57. The number of nitrogen functional groups attached to an aromatic ring is 1. The lowest BCUT2D eigenvalue weighted by atomic mass is 9.99. The van der Waals surface area contributed by atoms with Crippen LogP contribution in [0.25, 0.3) is 0 Å². The topological polar surface area (TPSA) is 98.7 Å². The number of ether oxygens (including phenoxy) is 1. The predicted molar refractivity (Wildman–Crippen MR) is 105 cm³/mol. The van der Waals surface area contributed by atoms with Crippen LogP contribution in [-0.4, -0.2) is 35.0 Å². The van der Waals surface area contributed by atoms with Gasteiger partial charge in [0.15, 0.2) is 0 Å². The van der Waals surface area contributed by atoms with Gasteiger partial charge in [0.1, 0.15) is 0 Å². The van der Waals surface area contributed by atoms with E-state index < -0.39 is 10.9 Å². The Kier molecular flexibility index (Phi) is 5.00. The Balaban J connectivity index is 1.39. The zero-order valence-electron chi connectivity index (χ0n) is 15.5. The van der Waals surface area contributed by atoms with Crippen LogP contribution in [0.1, 0.15) is 28.8 Å². The summed E-state index contributed by atoms with van der Waals surface area (Å²) in [5, 5.41) is 10.9. The molecule has 1 saturated carbocycles. The Morgan fingerprint density at radius 2 is 2.00 bits per heavy atom. The van der Waals surface area contributed by atoms with Gasteiger partial charge < -0.3 is 10.5 Å². The zero-order valence-corrected chi connectivity index (χ0v) is 15.5. The molecule has 146 valence electrons. The molecule has 7 nitrogen and oxygen atoms in total. The maximum absolute atomic E-state index is 12.5. The summed E-state index contributed by atoms with van der Waals surface area (Å²) in [6.07, 6.45) is 2.26. The third-order valence-electron chi connectivity index (χ3n) is 5.97. The first-order valence-corrected chi connectivity index (χ1v) is 9.52. The molecule has 1 saturated heterocycles. The van der Waals surface area contributed by atoms with Gasteiger partial charge in [0, 0.05) is 42.9 Å². The normalized spacial score (nSPS) is 23.6. The molecule has 7 heteroatoms. The standard InChI is InChI=1S/C21H23N3O4/c22-19-8-7-16(24(26)27)10-17(19)21(25)28-13-18-15-6-9-20(18)23(12-15)11-14-4-2-1-3-5-14/h1-5,7-8,10,15,18,20H,6,9,11-13,22H2. The Hall–Kier alpha value is -2.93. The quantitative estimate of drug-likeness (QED) is 0.357. The maximum Gasteiger partial charge on any atom is 0.340 e. The largest absolute Gasteiger partial charge is 0.462 e. The lowest BCUT2D eigenvalue weighted by Crippen LogP contribution is -2.33. The van der Waals surface area contributed by atoms with Gasteiger partial charge >= 0.3 is 5.97 Å². The van der Waals surface area contributed by atoms with E-state index in [9.17, 15) is 14.9 Å². The van der Waals surface area contributed by atoms with Crippen molar-refractivity contribution in [3.63, 3.8) is 0 Å². The van der Waals surface area contributed by atoms with Gasteiger partial charge in [-0.1, -0.05) is 30.3 Å². The molecule has 2 aromatic rings. The van der Waals surface area contributed by atoms with Crippen molar-refractivity contribution in [3.05, 3.63) is 69.8 Å². The molecular formula is C21H23N3O4. The number of nitro groups is 1. The van der Waals surface area contributed by atoms with Crippen LogP contribution in [0.15, 0.2) is 48.5 Å². The van der Waals surface area contributed by atoms with Gasteiger partial charge in [0.25, 0.3) is 5.69 Å². The Morgan fingerprint density at radius 1 is 1.21 bits per heavy atom. The van der Waals surface area contributed by atoms with Crippen LogP contribution in [0.3, 0.4) is 0 Å². The van der Waals surface area contributed by atoms with Crippen molar-refractivity contribution in [1.29, 1.82) is 0 Å². The first-order chi connectivity index (χ1) is 13.5. The molecule has 3 atom stereocenters. The van der Waals surface area contributed by atoms with E-state index in [1.807, 2.05) is 18.2 Å². The number of anilines is 1. The van der Waals surface area contributed by atoms with Crippen LogP contribution in [0.2, 0.25) is 0 Å². The number of hydrogen-bond acceptors (Lipinski definition) is 6. The van der Waals surface area contributed by atoms with E-state index in [4.69, 9.17) is 10.5 Å². The number of nitrogens with two attached hydrogens (primary N) is 1. The molecule has 1 aliphatic carbocycles. The lowest BCUT2D eigenvalue weighted by Gasteiger charge is -2.27. The molecule has 0 radical (unpaired) electrons. The fourth-order valence-electron chi connectivity index (χ4n) is 4.57. The fraction of sp³-hybridized carbons (Fsp3) is 0.381. The van der Waals surface area contributed by atoms with Crippen molar-refractivity contribution in [1.82, 2.24) is 4.90 Å². The first-order valence-electron chi connectivity index (χ1n) is 9.52. The third-order valence-corrected chi connectivity index (χ3v) is 5.97. The van der Waals surface area contributed by atoms with Crippen LogP contribution >= 0.6 is 0 Å². The van der Waals surface area contributed by atoms with Crippen LogP contribution in [0, 0.1) is 22.0 Å². The van der Waals surface area contributed by atoms with Crippen molar-refractivity contribution in [2.75, 3.05) is 18.9 Å². The SMILES string of the molecule is Nc1ccc([N+](=O)[O-])cc1C(=O)OCC1C2CCC1N(Cc1ccccc1)C2. The summed E-state index contributed by atoms with van der Waals surface area (Å²) >= 11 is 0. The minimum atomic E-state index is -0.595. The number of piperidine rings is 1. The molecule has 2 aliphatic rings. The molecule has 2 aromatic carbocycles. The second-order valence-electron chi connectivity index (χ2n) is 7.61. The minimum absolute atomic E-state index is 0.0562. The van der Waals surface area contributed by atoms with E-state index >= 15 is 0 Å². The number of rotatable bonds is 6. The van der Waals surface area contributed by atoms with Gasteiger partial charge in [0.2, 0.25) is 0 Å². The first kappa shape index (κ1) is 18.4. The van der Waals surface area contributed by atoms with Gasteiger partial charge in [-0.05, 0) is 30.4 Å². The smallest absolute Gasteiger partial charge is 0.340 e. The molecule has 2 bridgehead atoms. The number of non-ortho nitro benzene ring substituents is 1. The molecule has 1 heterocycles. The van der Waals surface area contributed by atoms with Crippen molar-refractivity contribution >= 4 is 17.3 Å². The predicted octanol–water partition coefficient (Wildman–Crippen LogP) is 3.24. The summed E-state index contributed by atoms with van der Waals surface area (Å²) in [5.74, 6) is 0.221. The number of hydrogen-bond donors (Lipinski definition) is 1. The number of carbonyl (C=O) groups is 1. The summed E-state index contributed by atoms with van der Waals surface area (Å²) < 4.78 is 5.54. The molecule has 0 amide bonds. The molecule has 2 fully saturated rings. The Labute approximate surface area is 163 Å². The van der Waals surface area contributed by atoms with E-state index in [1.165, 1.54) is 23.8 Å². The maximum atomic E-state index is 12.5. The average Bonchev–Trinajstić information content (AvgIpc) is 3.23. The zero-order chi connectivity index (χ0) is 19.7. The number of carbonyl (C=O) groups excluding carboxylic acids is 1. The molecule has 4 rings (SSSR count). The molecule has 0 aromatic heterocycles. The van der Waals surface area contributed by atoms with E-state index in [0.29, 0.717) is 24.5 Å². The van der Waals surface area contributed by atoms with Gasteiger partial charge in [0.05, 0.1) is 17.1 Å². The van der Waals surface area contributed by atoms with Gasteiger partial charge in [-0.15, -0.1) is 0 Å². The van der Waals surface area contributed by atoms with E-state index in [1.54, 1.807) is 0 Å². The highest BCUT2D eigenvalue weighted by Gasteiger charge is 2.47. The van der Waals surface area contributed by atoms with E-state index in [0.717, 1.165) is 25.9 Å². The highest BCUT2D eigenvalue weighted by atomic mass is 16.6. The van der Waals surface area contributed by atoms with Crippen LogP contribution in [0.5, 0.6) is 0 Å². The summed E-state index contributed by atoms with van der Waals surface area (Å²) in [6.45, 7) is 2.24. The Morgan fingerprint density at radius 3 is 2.75 bits per heavy atom. The molecule has 28 heavy (non-hydrogen) atoms. The van der Waals surface area contributed by atoms with Crippen LogP contribution in [0.4, 0.5) is 11.4 Å². The number of likely N-dealkylation sites (tertiary alicyclic amines) is 1. The minimum Gasteiger partial charge on any atom is -0.462 e. The summed E-state index contributed by atoms with van der Waals surface area (Å²) in [6, 6.07) is 14.6. The highest BCUT2D eigenvalue weighted by molar-refractivity contribution is 5.95. The van der Waals surface area contributed by atoms with Crippen LogP contribution < -0.4 is 5.73 Å². The second kappa shape index (κ2) is 7.59. The highest BCUT2D eigenvalue weighted by Crippen LogP contribution is 2.43. The molecule has 1 aliphatic heterocycles. The van der Waals surface area contributed by atoms with Crippen LogP contribution in [-0.2, 0) is 11.3 Å². The van der Waals surface area contributed by atoms with E-state index in [-0.39, 0.29) is 16.9 Å². The molecule has 0 spiro atoms. The Bertz CT molecular complexity index is 886. The monoisotopic (exact) mass is 381 g/mol. The third kappa shape index (κ3) is 3.57. The van der Waals surface area contributed by atoms with Gasteiger partial charge in [-0.3, -0.25) is 15.0 Å². The van der Waals surface area contributed by atoms with Crippen molar-refractivity contribution < 1.29 is 14.5 Å². The van der Waals surface area contributed by atoms with E-state index in [2.05, 4.69) is 17.0 Å². The molecular weight excluding hydrogens is 358 g/mol. The number of esters is 1. The average molecular weight is 381 g/mol. The summed E-state index contributed by atoms with van der Waals surface area (Å²) in [7, 11) is 0. The molecule has 2 N–H and O–H groups in total. The lowest BCUT2D eigenvalue weighted by molar-refractivity contribution is -0.384. The second-order valence-corrected chi connectivity index (χ2v) is 7.61. The van der Waals surface area contributed by atoms with Crippen molar-refractivity contribution in [2.45, 2.75) is 25.4 Å². The van der Waals surface area contributed by atoms with Gasteiger partial charge in [-0.25, -0.2) is 4.79 Å². The number of fused-ring (bicyclic) bond motifs is 2.